The lowest BCUT2D eigenvalue weighted by molar-refractivity contribution is -1.09. The molecule has 0 bridgehead atoms. The van der Waals surface area contributed by atoms with E-state index in [2.05, 4.69) is 10.6 Å². The molecule has 0 spiro atoms. The number of hydrogen-bond donors (Lipinski definition) is 6. The predicted molar refractivity (Wildman–Crippen MR) is 132 cm³/mol. The minimum Gasteiger partial charge on any atom is -0.507 e. The molecule has 0 aromatic heterocycles. The summed E-state index contributed by atoms with van der Waals surface area (Å²) < 4.78 is 30.6. The van der Waals surface area contributed by atoms with Crippen LogP contribution in [0.2, 0.25) is 0 Å². The molecule has 0 unspecified atom stereocenters. The molecule has 204 valence electrons. The van der Waals surface area contributed by atoms with Gasteiger partial charge in [-0.2, -0.15) is 9.29 Å². The Kier molecular flexibility index (Phi) is 6.76. The Labute approximate surface area is 217 Å². The Morgan fingerprint density at radius 2 is 1.00 bits per heavy atom. The van der Waals surface area contributed by atoms with E-state index in [9.17, 15) is 30.2 Å². The minimum atomic E-state index is -1.39. The molecule has 2 heterocycles. The SMILES string of the molecule is O=C1c2c(O)ccc(O)c2C(=O)c2c(NCC[N+]3(O)CCCC3)c(F)c(F)c(NCC[N+]3(O)CCCC3)c21. The number of nitrogens with one attached hydrogen (secondary N) is 2. The average molecular weight is 535 g/mol. The molecule has 2 saturated heterocycles. The molecule has 2 aromatic rings. The van der Waals surface area contributed by atoms with Crippen molar-refractivity contribution in [1.29, 1.82) is 0 Å². The van der Waals surface area contributed by atoms with E-state index < -0.39 is 68.3 Å². The second kappa shape index (κ2) is 9.77. The quantitative estimate of drug-likeness (QED) is 0.192. The number of fused-ring (bicyclic) bond motifs is 2. The van der Waals surface area contributed by atoms with Crippen LogP contribution < -0.4 is 10.6 Å². The van der Waals surface area contributed by atoms with Gasteiger partial charge in [0.2, 0.25) is 11.6 Å². The van der Waals surface area contributed by atoms with E-state index in [1.165, 1.54) is 0 Å². The number of benzene rings is 2. The number of carbonyl (C=O) groups excluding carboxylic acids is 2. The van der Waals surface area contributed by atoms with Gasteiger partial charge in [0, 0.05) is 25.7 Å². The molecule has 0 atom stereocenters. The first-order valence-corrected chi connectivity index (χ1v) is 12.9. The average Bonchev–Trinajstić information content (AvgIpc) is 3.51. The first-order valence-electron chi connectivity index (χ1n) is 12.9. The predicted octanol–water partition coefficient (Wildman–Crippen LogP) is 2.97. The van der Waals surface area contributed by atoms with Gasteiger partial charge in [-0.1, -0.05) is 0 Å². The monoisotopic (exact) mass is 534 g/mol. The van der Waals surface area contributed by atoms with Gasteiger partial charge in [0.1, 0.15) is 50.8 Å². The van der Waals surface area contributed by atoms with E-state index in [0.29, 0.717) is 26.2 Å². The van der Waals surface area contributed by atoms with Crippen LogP contribution in [0.25, 0.3) is 0 Å². The maximum Gasteiger partial charge on any atom is 0.200 e. The Morgan fingerprint density at radius 3 is 1.34 bits per heavy atom. The summed E-state index contributed by atoms with van der Waals surface area (Å²) in [6.07, 6.45) is 3.32. The fraction of sp³-hybridized carbons (Fsp3) is 0.462. The molecule has 2 aromatic carbocycles. The third-order valence-electron chi connectivity index (χ3n) is 7.91. The molecule has 0 saturated carbocycles. The van der Waals surface area contributed by atoms with Crippen LogP contribution >= 0.6 is 0 Å². The van der Waals surface area contributed by atoms with E-state index in [1.807, 2.05) is 0 Å². The van der Waals surface area contributed by atoms with Gasteiger partial charge < -0.3 is 20.8 Å². The number of quaternary nitrogens is 2. The first-order chi connectivity index (χ1) is 18.1. The topological polar surface area (TPSA) is 139 Å². The van der Waals surface area contributed by atoms with Gasteiger partial charge in [-0.15, -0.1) is 0 Å². The van der Waals surface area contributed by atoms with E-state index in [1.54, 1.807) is 0 Å². The zero-order chi connectivity index (χ0) is 27.2. The molecule has 1 aliphatic carbocycles. The lowest BCUT2D eigenvalue weighted by Crippen LogP contribution is -2.45. The van der Waals surface area contributed by atoms with Crippen LogP contribution in [-0.4, -0.2) is 93.8 Å². The van der Waals surface area contributed by atoms with Crippen molar-refractivity contribution >= 4 is 22.9 Å². The van der Waals surface area contributed by atoms with Crippen molar-refractivity contribution in [2.45, 2.75) is 25.7 Å². The Morgan fingerprint density at radius 1 is 0.658 bits per heavy atom. The largest absolute Gasteiger partial charge is 0.507 e. The summed E-state index contributed by atoms with van der Waals surface area (Å²) in [5.74, 6) is -5.85. The molecule has 2 fully saturated rings. The first kappa shape index (κ1) is 26.3. The molecule has 3 aliphatic rings. The van der Waals surface area contributed by atoms with Crippen molar-refractivity contribution in [2.24, 2.45) is 0 Å². The molecule has 38 heavy (non-hydrogen) atoms. The smallest absolute Gasteiger partial charge is 0.200 e. The van der Waals surface area contributed by atoms with Gasteiger partial charge in [0.05, 0.1) is 46.7 Å². The molecule has 10 nitrogen and oxygen atoms in total. The van der Waals surface area contributed by atoms with Crippen molar-refractivity contribution in [2.75, 3.05) is 63.0 Å². The molecule has 2 aliphatic heterocycles. The zero-order valence-corrected chi connectivity index (χ0v) is 20.9. The van der Waals surface area contributed by atoms with Gasteiger partial charge in [-0.25, -0.2) is 19.2 Å². The number of halogens is 2. The normalized spacial score (nSPS) is 19.4. The van der Waals surface area contributed by atoms with Crippen LogP contribution in [-0.2, 0) is 0 Å². The maximum atomic E-state index is 15.5. The van der Waals surface area contributed by atoms with Crippen molar-refractivity contribution < 1.29 is 48.3 Å². The van der Waals surface area contributed by atoms with E-state index in [0.717, 1.165) is 37.8 Å². The van der Waals surface area contributed by atoms with Crippen LogP contribution in [0.15, 0.2) is 12.1 Å². The number of phenolic OH excluding ortho intramolecular Hbond substituents is 2. The molecular formula is C26H32F2N4O6+2. The third kappa shape index (κ3) is 4.47. The van der Waals surface area contributed by atoms with Gasteiger partial charge in [-0.3, -0.25) is 9.59 Å². The van der Waals surface area contributed by atoms with E-state index in [4.69, 9.17) is 0 Å². The highest BCUT2D eigenvalue weighted by Crippen LogP contribution is 2.44. The van der Waals surface area contributed by atoms with Gasteiger partial charge in [0.15, 0.2) is 11.6 Å². The van der Waals surface area contributed by atoms with Gasteiger partial charge in [-0.05, 0) is 12.1 Å². The fourth-order valence-electron chi connectivity index (χ4n) is 5.84. The number of hydrogen-bond acceptors (Lipinski definition) is 8. The van der Waals surface area contributed by atoms with Gasteiger partial charge in [0.25, 0.3) is 0 Å². The number of hydroxylamine groups is 6. The highest BCUT2D eigenvalue weighted by Gasteiger charge is 2.41. The molecule has 12 heteroatoms. The van der Waals surface area contributed by atoms with Crippen molar-refractivity contribution in [3.63, 3.8) is 0 Å². The van der Waals surface area contributed by atoms with Crippen molar-refractivity contribution in [3.05, 3.63) is 46.0 Å². The summed E-state index contributed by atoms with van der Waals surface area (Å²) in [6, 6.07) is 2.09. The molecule has 0 amide bonds. The number of anilines is 2. The number of carbonyl (C=O) groups is 2. The minimum absolute atomic E-state index is 0.0169. The number of phenols is 2. The zero-order valence-electron chi connectivity index (χ0n) is 20.9. The summed E-state index contributed by atoms with van der Waals surface area (Å²) in [7, 11) is 0. The Balaban J connectivity index is 1.56. The van der Waals surface area contributed by atoms with Crippen LogP contribution in [0.3, 0.4) is 0 Å². The number of ketones is 2. The molecule has 5 rings (SSSR count). The maximum absolute atomic E-state index is 15.5. The van der Waals surface area contributed by atoms with Crippen LogP contribution in [0.5, 0.6) is 11.5 Å². The molecule has 6 N–H and O–H groups in total. The lowest BCUT2D eigenvalue weighted by Gasteiger charge is -2.28. The Bertz CT molecular complexity index is 1210. The summed E-state index contributed by atoms with van der Waals surface area (Å²) >= 11 is 0. The highest BCUT2D eigenvalue weighted by molar-refractivity contribution is 6.33. The standard InChI is InChI=1S/C26H30F2N4O6/c27-21-22(28)24(30-8-14-32(38)11-3-4-12-32)20-19(23(21)29-7-13-31(37)9-1-2-10-31)25(35)17-15(33)5-6-16(34)18(17)26(20)36/h5-6,37-38H,1-4,7-14H2,(H2-2,29,30,33,34,35,36)/p+2. The third-order valence-corrected chi connectivity index (χ3v) is 7.91. The summed E-state index contributed by atoms with van der Waals surface area (Å²) in [5.41, 5.74) is -3.03. The van der Waals surface area contributed by atoms with Gasteiger partial charge >= 0.3 is 0 Å². The number of rotatable bonds is 8. The van der Waals surface area contributed by atoms with E-state index in [-0.39, 0.29) is 35.5 Å². The van der Waals surface area contributed by atoms with Crippen LogP contribution in [0, 0.1) is 11.6 Å². The Hall–Kier alpha value is -3.32. The van der Waals surface area contributed by atoms with Crippen LogP contribution in [0.4, 0.5) is 20.2 Å². The van der Waals surface area contributed by atoms with E-state index >= 15 is 8.78 Å². The van der Waals surface area contributed by atoms with Crippen LogP contribution in [0.1, 0.15) is 57.5 Å². The highest BCUT2D eigenvalue weighted by atomic mass is 19.2. The molecule has 0 radical (unpaired) electrons. The second-order valence-electron chi connectivity index (χ2n) is 10.4. The summed E-state index contributed by atoms with van der Waals surface area (Å²) in [5, 5.41) is 47.3. The summed E-state index contributed by atoms with van der Waals surface area (Å²) in [4.78, 5) is 27.2. The fourth-order valence-corrected chi connectivity index (χ4v) is 5.84. The second-order valence-corrected chi connectivity index (χ2v) is 10.4. The van der Waals surface area contributed by atoms with Crippen molar-refractivity contribution in [3.8, 4) is 11.5 Å². The number of aromatic hydroxyl groups is 2. The lowest BCUT2D eigenvalue weighted by atomic mass is 9.81. The van der Waals surface area contributed by atoms with Crippen molar-refractivity contribution in [1.82, 2.24) is 0 Å². The summed E-state index contributed by atoms with van der Waals surface area (Å²) in [6.45, 7) is 2.36. The number of nitrogens with zero attached hydrogens (tertiary/aromatic N) is 2. The molecular weight excluding hydrogens is 502 g/mol. The number of likely N-dealkylation sites (tertiary alicyclic amines) is 2.